The molecule has 0 aliphatic carbocycles. The summed E-state index contributed by atoms with van der Waals surface area (Å²) >= 11 is 12.2. The SMILES string of the molecule is CC(=O)NCCNC(=O)Cc1c(C)nn(-c2ccc(Cl)cc2Cl)c1C. The molecule has 1 heterocycles. The minimum Gasteiger partial charge on any atom is -0.355 e. The summed E-state index contributed by atoms with van der Waals surface area (Å²) in [5.74, 6) is -0.250. The van der Waals surface area contributed by atoms with Crippen LogP contribution in [0.2, 0.25) is 10.0 Å². The third-order valence-corrected chi connectivity index (χ3v) is 4.28. The number of rotatable bonds is 6. The lowest BCUT2D eigenvalue weighted by molar-refractivity contribution is -0.121. The Labute approximate surface area is 156 Å². The van der Waals surface area contributed by atoms with Crippen molar-refractivity contribution in [2.24, 2.45) is 0 Å². The molecule has 0 radical (unpaired) electrons. The Kier molecular flexibility index (Phi) is 6.45. The molecular weight excluding hydrogens is 363 g/mol. The quantitative estimate of drug-likeness (QED) is 0.753. The first kappa shape index (κ1) is 19.3. The molecule has 0 unspecified atom stereocenters. The Bertz CT molecular complexity index is 802. The van der Waals surface area contributed by atoms with Gasteiger partial charge in [0.1, 0.15) is 0 Å². The van der Waals surface area contributed by atoms with Gasteiger partial charge >= 0.3 is 0 Å². The minimum atomic E-state index is -0.127. The summed E-state index contributed by atoms with van der Waals surface area (Å²) in [5.41, 5.74) is 3.17. The largest absolute Gasteiger partial charge is 0.355 e. The maximum absolute atomic E-state index is 12.1. The zero-order valence-electron chi connectivity index (χ0n) is 14.3. The van der Waals surface area contributed by atoms with Gasteiger partial charge in [-0.1, -0.05) is 23.2 Å². The molecule has 0 spiro atoms. The second kappa shape index (κ2) is 8.36. The van der Waals surface area contributed by atoms with Crippen molar-refractivity contribution < 1.29 is 9.59 Å². The topological polar surface area (TPSA) is 76.0 Å². The maximum Gasteiger partial charge on any atom is 0.224 e. The zero-order chi connectivity index (χ0) is 18.6. The molecule has 0 fully saturated rings. The second-order valence-electron chi connectivity index (χ2n) is 5.67. The molecule has 0 saturated carbocycles. The number of benzene rings is 1. The molecule has 0 atom stereocenters. The highest BCUT2D eigenvalue weighted by Gasteiger charge is 2.17. The first-order valence-electron chi connectivity index (χ1n) is 7.81. The van der Waals surface area contributed by atoms with E-state index in [9.17, 15) is 9.59 Å². The van der Waals surface area contributed by atoms with Gasteiger partial charge in [0.05, 0.1) is 22.8 Å². The number of carbonyl (C=O) groups is 2. The van der Waals surface area contributed by atoms with E-state index in [4.69, 9.17) is 23.2 Å². The van der Waals surface area contributed by atoms with E-state index in [1.807, 2.05) is 13.8 Å². The van der Waals surface area contributed by atoms with E-state index in [-0.39, 0.29) is 18.2 Å². The predicted molar refractivity (Wildman–Crippen MR) is 98.5 cm³/mol. The van der Waals surface area contributed by atoms with Gasteiger partial charge in [0.15, 0.2) is 0 Å². The van der Waals surface area contributed by atoms with E-state index >= 15 is 0 Å². The van der Waals surface area contributed by atoms with Crippen LogP contribution >= 0.6 is 23.2 Å². The standard InChI is InChI=1S/C17H20Cl2N4O2/c1-10-14(9-17(25)21-7-6-20-12(3)24)11(2)23(22-10)16-5-4-13(18)8-15(16)19/h4-5,8H,6-7,9H2,1-3H3,(H,20,24)(H,21,25). The summed E-state index contributed by atoms with van der Waals surface area (Å²) in [6.45, 7) is 5.97. The number of hydrogen-bond acceptors (Lipinski definition) is 3. The Balaban J connectivity index is 2.11. The molecule has 2 amide bonds. The number of amides is 2. The molecule has 25 heavy (non-hydrogen) atoms. The molecule has 2 aromatic rings. The fourth-order valence-electron chi connectivity index (χ4n) is 2.48. The van der Waals surface area contributed by atoms with Crippen molar-refractivity contribution in [2.45, 2.75) is 27.2 Å². The monoisotopic (exact) mass is 382 g/mol. The third kappa shape index (κ3) is 4.96. The van der Waals surface area contributed by atoms with Gasteiger partial charge in [-0.3, -0.25) is 9.59 Å². The predicted octanol–water partition coefficient (Wildman–Crippen LogP) is 2.59. The number of carbonyl (C=O) groups excluding carboxylic acids is 2. The number of halogens is 2. The summed E-state index contributed by atoms with van der Waals surface area (Å²) in [6.07, 6.45) is 0.211. The van der Waals surface area contributed by atoms with Crippen LogP contribution in [-0.2, 0) is 16.0 Å². The average Bonchev–Trinajstić information content (AvgIpc) is 2.79. The molecule has 0 aliphatic rings. The van der Waals surface area contributed by atoms with Crippen LogP contribution in [0.5, 0.6) is 0 Å². The van der Waals surface area contributed by atoms with Crippen molar-refractivity contribution in [2.75, 3.05) is 13.1 Å². The molecule has 2 N–H and O–H groups in total. The van der Waals surface area contributed by atoms with Gasteiger partial charge in [-0.05, 0) is 32.0 Å². The van der Waals surface area contributed by atoms with Gasteiger partial charge in [-0.2, -0.15) is 5.10 Å². The first-order valence-corrected chi connectivity index (χ1v) is 8.57. The lowest BCUT2D eigenvalue weighted by Gasteiger charge is -2.08. The molecule has 1 aromatic carbocycles. The van der Waals surface area contributed by atoms with Crippen LogP contribution in [0.25, 0.3) is 5.69 Å². The fraction of sp³-hybridized carbons (Fsp3) is 0.353. The summed E-state index contributed by atoms with van der Waals surface area (Å²) in [4.78, 5) is 22.9. The molecule has 6 nitrogen and oxygen atoms in total. The van der Waals surface area contributed by atoms with Gasteiger partial charge in [0.2, 0.25) is 11.8 Å². The first-order chi connectivity index (χ1) is 11.8. The summed E-state index contributed by atoms with van der Waals surface area (Å²) < 4.78 is 1.72. The zero-order valence-corrected chi connectivity index (χ0v) is 15.8. The number of nitrogens with zero attached hydrogens (tertiary/aromatic N) is 2. The maximum atomic E-state index is 12.1. The van der Waals surface area contributed by atoms with E-state index in [1.165, 1.54) is 6.92 Å². The molecule has 0 saturated heterocycles. The van der Waals surface area contributed by atoms with Crippen LogP contribution in [0, 0.1) is 13.8 Å². The van der Waals surface area contributed by atoms with E-state index in [0.717, 1.165) is 17.0 Å². The van der Waals surface area contributed by atoms with E-state index in [0.29, 0.717) is 28.8 Å². The highest BCUT2D eigenvalue weighted by Crippen LogP contribution is 2.27. The lowest BCUT2D eigenvalue weighted by Crippen LogP contribution is -2.34. The highest BCUT2D eigenvalue weighted by molar-refractivity contribution is 6.35. The molecule has 1 aromatic heterocycles. The Morgan fingerprint density at radius 1 is 1.16 bits per heavy atom. The van der Waals surface area contributed by atoms with Crippen molar-refractivity contribution in [3.8, 4) is 5.69 Å². The van der Waals surface area contributed by atoms with E-state index in [2.05, 4.69) is 15.7 Å². The van der Waals surface area contributed by atoms with Gasteiger partial charge in [-0.15, -0.1) is 0 Å². The third-order valence-electron chi connectivity index (χ3n) is 3.74. The van der Waals surface area contributed by atoms with Crippen molar-refractivity contribution in [3.63, 3.8) is 0 Å². The smallest absolute Gasteiger partial charge is 0.224 e. The molecule has 8 heteroatoms. The van der Waals surface area contributed by atoms with Crippen molar-refractivity contribution in [3.05, 3.63) is 45.2 Å². The molecule has 0 bridgehead atoms. The summed E-state index contributed by atoms with van der Waals surface area (Å²) in [5, 5.41) is 10.9. The fourth-order valence-corrected chi connectivity index (χ4v) is 2.97. The van der Waals surface area contributed by atoms with Gasteiger partial charge < -0.3 is 10.6 Å². The normalized spacial score (nSPS) is 10.6. The minimum absolute atomic E-state index is 0.123. The second-order valence-corrected chi connectivity index (χ2v) is 6.51. The van der Waals surface area contributed by atoms with Crippen molar-refractivity contribution in [1.29, 1.82) is 0 Å². The van der Waals surface area contributed by atoms with Crippen molar-refractivity contribution >= 4 is 35.0 Å². The number of aromatic nitrogens is 2. The summed E-state index contributed by atoms with van der Waals surface area (Å²) in [6, 6.07) is 5.19. The molecule has 0 aliphatic heterocycles. The van der Waals surface area contributed by atoms with Crippen molar-refractivity contribution in [1.82, 2.24) is 20.4 Å². The van der Waals surface area contributed by atoms with Crippen LogP contribution in [0.15, 0.2) is 18.2 Å². The van der Waals surface area contributed by atoms with E-state index in [1.54, 1.807) is 22.9 Å². The number of nitrogens with one attached hydrogen (secondary N) is 2. The van der Waals surface area contributed by atoms with Crippen LogP contribution < -0.4 is 10.6 Å². The Morgan fingerprint density at radius 3 is 2.48 bits per heavy atom. The number of hydrogen-bond donors (Lipinski definition) is 2. The van der Waals surface area contributed by atoms with Crippen LogP contribution in [-0.4, -0.2) is 34.7 Å². The molecule has 134 valence electrons. The molecular formula is C17H20Cl2N4O2. The molecule has 2 rings (SSSR count). The highest BCUT2D eigenvalue weighted by atomic mass is 35.5. The average molecular weight is 383 g/mol. The van der Waals surface area contributed by atoms with Crippen LogP contribution in [0.1, 0.15) is 23.9 Å². The summed E-state index contributed by atoms with van der Waals surface area (Å²) in [7, 11) is 0. The Morgan fingerprint density at radius 2 is 1.84 bits per heavy atom. The van der Waals surface area contributed by atoms with Gasteiger partial charge in [0.25, 0.3) is 0 Å². The number of aryl methyl sites for hydroxylation is 1. The van der Waals surface area contributed by atoms with Gasteiger partial charge in [-0.25, -0.2) is 4.68 Å². The van der Waals surface area contributed by atoms with E-state index < -0.39 is 0 Å². The van der Waals surface area contributed by atoms with Gasteiger partial charge in [0, 0.05) is 36.3 Å². The Hall–Kier alpha value is -2.05. The lowest BCUT2D eigenvalue weighted by atomic mass is 10.1. The van der Waals surface area contributed by atoms with Crippen LogP contribution in [0.4, 0.5) is 0 Å². The van der Waals surface area contributed by atoms with Crippen LogP contribution in [0.3, 0.4) is 0 Å².